The summed E-state index contributed by atoms with van der Waals surface area (Å²) in [4.78, 5) is 14.6. The van der Waals surface area contributed by atoms with Gasteiger partial charge in [0.1, 0.15) is 11.5 Å². The molecule has 5 nitrogen and oxygen atoms in total. The van der Waals surface area contributed by atoms with E-state index in [0.29, 0.717) is 12.3 Å². The van der Waals surface area contributed by atoms with Crippen LogP contribution in [0.5, 0.6) is 0 Å². The number of hydrogen-bond donors (Lipinski definition) is 1. The van der Waals surface area contributed by atoms with Crippen molar-refractivity contribution >= 4 is 11.7 Å². The van der Waals surface area contributed by atoms with E-state index in [9.17, 15) is 4.79 Å². The Morgan fingerprint density at radius 2 is 1.84 bits per heavy atom. The summed E-state index contributed by atoms with van der Waals surface area (Å²) in [7, 11) is 0. The SMILES string of the molecule is Cc1ccc(NC(=O)N(Cc2ccco2)[C@@H](C)c2ccco2)cc1C. The topological polar surface area (TPSA) is 58.6 Å². The fourth-order valence-electron chi connectivity index (χ4n) is 2.65. The van der Waals surface area contributed by atoms with Gasteiger partial charge in [-0.05, 0) is 68.3 Å². The van der Waals surface area contributed by atoms with Crippen molar-refractivity contribution in [2.75, 3.05) is 5.32 Å². The molecule has 2 amide bonds. The van der Waals surface area contributed by atoms with Crippen LogP contribution in [0.1, 0.15) is 35.6 Å². The van der Waals surface area contributed by atoms with Crippen molar-refractivity contribution in [1.82, 2.24) is 4.90 Å². The normalized spacial score (nSPS) is 12.0. The molecule has 5 heteroatoms. The maximum absolute atomic E-state index is 12.9. The number of amides is 2. The van der Waals surface area contributed by atoms with Gasteiger partial charge in [-0.1, -0.05) is 6.07 Å². The van der Waals surface area contributed by atoms with Crippen molar-refractivity contribution < 1.29 is 13.6 Å². The summed E-state index contributed by atoms with van der Waals surface area (Å²) < 4.78 is 10.9. The molecule has 3 aromatic rings. The Morgan fingerprint density at radius 1 is 1.08 bits per heavy atom. The lowest BCUT2D eigenvalue weighted by Crippen LogP contribution is -2.36. The van der Waals surface area contributed by atoms with Gasteiger partial charge in [-0.25, -0.2) is 4.79 Å². The highest BCUT2D eigenvalue weighted by molar-refractivity contribution is 5.89. The molecule has 0 saturated carbocycles. The second kappa shape index (κ2) is 7.30. The van der Waals surface area contributed by atoms with E-state index in [0.717, 1.165) is 17.0 Å². The monoisotopic (exact) mass is 338 g/mol. The smallest absolute Gasteiger partial charge is 0.322 e. The zero-order valence-electron chi connectivity index (χ0n) is 14.7. The van der Waals surface area contributed by atoms with Crippen molar-refractivity contribution in [3.63, 3.8) is 0 Å². The molecule has 3 rings (SSSR count). The highest BCUT2D eigenvalue weighted by Gasteiger charge is 2.24. The van der Waals surface area contributed by atoms with Gasteiger partial charge in [0.05, 0.1) is 25.1 Å². The summed E-state index contributed by atoms with van der Waals surface area (Å²) >= 11 is 0. The average molecular weight is 338 g/mol. The second-order valence-corrected chi connectivity index (χ2v) is 6.13. The van der Waals surface area contributed by atoms with E-state index in [1.807, 2.05) is 63.2 Å². The van der Waals surface area contributed by atoms with Crippen molar-refractivity contribution in [3.05, 3.63) is 77.6 Å². The highest BCUT2D eigenvalue weighted by Crippen LogP contribution is 2.24. The first-order valence-electron chi connectivity index (χ1n) is 8.25. The van der Waals surface area contributed by atoms with Gasteiger partial charge in [0.2, 0.25) is 0 Å². The van der Waals surface area contributed by atoms with E-state index in [1.54, 1.807) is 17.4 Å². The number of furan rings is 2. The molecule has 0 aliphatic carbocycles. The zero-order chi connectivity index (χ0) is 17.8. The van der Waals surface area contributed by atoms with E-state index in [4.69, 9.17) is 8.83 Å². The molecule has 0 aliphatic heterocycles. The molecule has 0 bridgehead atoms. The molecule has 1 aromatic carbocycles. The first-order valence-corrected chi connectivity index (χ1v) is 8.25. The number of carbonyl (C=O) groups excluding carboxylic acids is 1. The van der Waals surface area contributed by atoms with Crippen molar-refractivity contribution in [3.8, 4) is 0 Å². The number of hydrogen-bond acceptors (Lipinski definition) is 3. The van der Waals surface area contributed by atoms with Crippen LogP contribution < -0.4 is 5.32 Å². The highest BCUT2D eigenvalue weighted by atomic mass is 16.3. The fourth-order valence-corrected chi connectivity index (χ4v) is 2.65. The first-order chi connectivity index (χ1) is 12.0. The van der Waals surface area contributed by atoms with Crippen molar-refractivity contribution in [2.45, 2.75) is 33.4 Å². The lowest BCUT2D eigenvalue weighted by Gasteiger charge is -2.27. The lowest BCUT2D eigenvalue weighted by atomic mass is 10.1. The Hall–Kier alpha value is -2.95. The Morgan fingerprint density at radius 3 is 2.48 bits per heavy atom. The molecule has 25 heavy (non-hydrogen) atoms. The van der Waals surface area contributed by atoms with Gasteiger partial charge < -0.3 is 19.1 Å². The minimum atomic E-state index is -0.230. The van der Waals surface area contributed by atoms with Crippen LogP contribution in [0.4, 0.5) is 10.5 Å². The number of rotatable bonds is 5. The van der Waals surface area contributed by atoms with Gasteiger partial charge in [0.25, 0.3) is 0 Å². The molecule has 2 heterocycles. The van der Waals surface area contributed by atoms with Gasteiger partial charge in [-0.15, -0.1) is 0 Å². The zero-order valence-corrected chi connectivity index (χ0v) is 14.7. The molecule has 2 aromatic heterocycles. The number of nitrogens with one attached hydrogen (secondary N) is 1. The second-order valence-electron chi connectivity index (χ2n) is 6.13. The number of carbonyl (C=O) groups is 1. The molecular formula is C20H22N2O3. The van der Waals surface area contributed by atoms with Crippen LogP contribution in [0.25, 0.3) is 0 Å². The van der Waals surface area contributed by atoms with Gasteiger partial charge in [0.15, 0.2) is 0 Å². The number of nitrogens with zero attached hydrogens (tertiary/aromatic N) is 1. The van der Waals surface area contributed by atoms with Crippen LogP contribution in [-0.2, 0) is 6.54 Å². The van der Waals surface area contributed by atoms with Gasteiger partial charge in [-0.2, -0.15) is 0 Å². The van der Waals surface area contributed by atoms with Gasteiger partial charge in [-0.3, -0.25) is 0 Å². The Bertz CT molecular complexity index is 823. The molecule has 1 N–H and O–H groups in total. The van der Waals surface area contributed by atoms with Crippen LogP contribution >= 0.6 is 0 Å². The quantitative estimate of drug-likeness (QED) is 0.688. The Labute approximate surface area is 147 Å². The minimum Gasteiger partial charge on any atom is -0.467 e. The van der Waals surface area contributed by atoms with E-state index in [-0.39, 0.29) is 12.1 Å². The Balaban J connectivity index is 1.82. The van der Waals surface area contributed by atoms with Crippen molar-refractivity contribution in [1.29, 1.82) is 0 Å². The lowest BCUT2D eigenvalue weighted by molar-refractivity contribution is 0.173. The summed E-state index contributed by atoms with van der Waals surface area (Å²) in [5.74, 6) is 1.44. The summed E-state index contributed by atoms with van der Waals surface area (Å²) in [6.07, 6.45) is 3.21. The standard InChI is InChI=1S/C20H22N2O3/c1-14-8-9-17(12-15(14)2)21-20(23)22(13-18-6-4-10-24-18)16(3)19-7-5-11-25-19/h4-12,16H,13H2,1-3H3,(H,21,23)/t16-/m0/s1. The predicted octanol–water partition coefficient (Wildman–Crippen LogP) is 5.28. The number of aryl methyl sites for hydroxylation is 2. The third kappa shape index (κ3) is 3.94. The molecule has 0 aliphatic rings. The first kappa shape index (κ1) is 16.9. The van der Waals surface area contributed by atoms with Crippen LogP contribution in [0.15, 0.2) is 63.8 Å². The Kier molecular flexibility index (Phi) is 4.93. The average Bonchev–Trinajstić information content (AvgIpc) is 3.28. The molecule has 0 spiro atoms. The molecule has 0 unspecified atom stereocenters. The van der Waals surface area contributed by atoms with Gasteiger partial charge in [0, 0.05) is 5.69 Å². The molecule has 0 radical (unpaired) electrons. The summed E-state index contributed by atoms with van der Waals surface area (Å²) in [5, 5.41) is 2.97. The minimum absolute atomic E-state index is 0.205. The summed E-state index contributed by atoms with van der Waals surface area (Å²) in [6, 6.07) is 12.8. The number of urea groups is 1. The van der Waals surface area contributed by atoms with E-state index in [1.165, 1.54) is 5.56 Å². The predicted molar refractivity (Wildman–Crippen MR) is 96.3 cm³/mol. The van der Waals surface area contributed by atoms with Crippen LogP contribution in [-0.4, -0.2) is 10.9 Å². The molecule has 130 valence electrons. The van der Waals surface area contributed by atoms with Crippen LogP contribution in [0.3, 0.4) is 0 Å². The van der Waals surface area contributed by atoms with Crippen LogP contribution in [0.2, 0.25) is 0 Å². The van der Waals surface area contributed by atoms with E-state index < -0.39 is 0 Å². The van der Waals surface area contributed by atoms with E-state index >= 15 is 0 Å². The molecule has 1 atom stereocenters. The third-order valence-corrected chi connectivity index (χ3v) is 4.35. The maximum atomic E-state index is 12.9. The van der Waals surface area contributed by atoms with Gasteiger partial charge >= 0.3 is 6.03 Å². The summed E-state index contributed by atoms with van der Waals surface area (Å²) in [5.41, 5.74) is 3.09. The van der Waals surface area contributed by atoms with E-state index in [2.05, 4.69) is 5.32 Å². The maximum Gasteiger partial charge on any atom is 0.322 e. The summed E-state index contributed by atoms with van der Waals surface area (Å²) in [6.45, 7) is 6.35. The van der Waals surface area contributed by atoms with Crippen LogP contribution in [0, 0.1) is 13.8 Å². The van der Waals surface area contributed by atoms with Crippen molar-refractivity contribution in [2.24, 2.45) is 0 Å². The molecular weight excluding hydrogens is 316 g/mol. The number of benzene rings is 1. The number of anilines is 1. The third-order valence-electron chi connectivity index (χ3n) is 4.35. The largest absolute Gasteiger partial charge is 0.467 e. The molecule has 0 fully saturated rings. The molecule has 0 saturated heterocycles. The fraction of sp³-hybridized carbons (Fsp3) is 0.250.